The van der Waals surface area contributed by atoms with Crippen molar-refractivity contribution in [2.24, 2.45) is 0 Å². The average Bonchev–Trinajstić information content (AvgIpc) is 3.63. The van der Waals surface area contributed by atoms with Crippen LogP contribution in [-0.2, 0) is 0 Å². The van der Waals surface area contributed by atoms with Crippen molar-refractivity contribution in [1.29, 1.82) is 0 Å². The molecule has 2 nitrogen and oxygen atoms in total. The summed E-state index contributed by atoms with van der Waals surface area (Å²) in [5.74, 6) is 0. The standard InChI is InChI=1S/C44H28N2/c1-2-16-32(17-3-1)46-43-28-42-39(27-40(43)38-25-24-30-13-5-7-20-36(30)44(38)46)37-21-8-9-23-41(37)45(42)33-18-10-15-31(26-33)35-22-11-14-29-12-4-6-19-34(29)35/h1-28H. The van der Waals surface area contributed by atoms with Crippen LogP contribution in [0.5, 0.6) is 0 Å². The first kappa shape index (κ1) is 25.2. The Morgan fingerprint density at radius 2 is 0.935 bits per heavy atom. The maximum Gasteiger partial charge on any atom is 0.0619 e. The molecule has 2 aromatic heterocycles. The Morgan fingerprint density at radius 3 is 1.80 bits per heavy atom. The zero-order chi connectivity index (χ0) is 30.2. The summed E-state index contributed by atoms with van der Waals surface area (Å²) < 4.78 is 4.91. The van der Waals surface area contributed by atoms with Crippen LogP contribution >= 0.6 is 0 Å². The molecule has 0 aliphatic carbocycles. The molecule has 0 fully saturated rings. The maximum atomic E-state index is 2.46. The first-order valence-electron chi connectivity index (χ1n) is 15.9. The molecule has 0 aliphatic rings. The SMILES string of the molecule is c1ccc(-n2c3cc4c(cc3c3ccc5ccccc5c32)c2ccccc2n4-c2cccc(-c3cccc4ccccc34)c2)cc1. The summed E-state index contributed by atoms with van der Waals surface area (Å²) in [6.07, 6.45) is 0. The third kappa shape index (κ3) is 3.59. The molecule has 0 amide bonds. The van der Waals surface area contributed by atoms with Crippen molar-refractivity contribution in [2.45, 2.75) is 0 Å². The van der Waals surface area contributed by atoms with Gasteiger partial charge in [0.05, 0.1) is 22.1 Å². The molecule has 2 heterocycles. The molecular formula is C44H28N2. The van der Waals surface area contributed by atoms with E-state index in [1.54, 1.807) is 0 Å². The molecule has 214 valence electrons. The van der Waals surface area contributed by atoms with Crippen molar-refractivity contribution in [2.75, 3.05) is 0 Å². The minimum Gasteiger partial charge on any atom is -0.309 e. The zero-order valence-electron chi connectivity index (χ0n) is 25.1. The van der Waals surface area contributed by atoms with Crippen LogP contribution < -0.4 is 0 Å². The van der Waals surface area contributed by atoms with Crippen molar-refractivity contribution in [1.82, 2.24) is 9.13 Å². The van der Waals surface area contributed by atoms with Crippen LogP contribution in [0.1, 0.15) is 0 Å². The average molecular weight is 585 g/mol. The van der Waals surface area contributed by atoms with Gasteiger partial charge in [-0.05, 0) is 69.8 Å². The van der Waals surface area contributed by atoms with Crippen molar-refractivity contribution in [3.05, 3.63) is 170 Å². The molecule has 0 saturated heterocycles. The monoisotopic (exact) mass is 584 g/mol. The highest BCUT2D eigenvalue weighted by Gasteiger charge is 2.20. The Labute approximate surface area is 266 Å². The van der Waals surface area contributed by atoms with Gasteiger partial charge in [0.1, 0.15) is 0 Å². The minimum atomic E-state index is 1.16. The molecule has 10 rings (SSSR count). The molecule has 0 radical (unpaired) electrons. The third-order valence-electron chi connectivity index (χ3n) is 9.66. The van der Waals surface area contributed by atoms with Gasteiger partial charge in [-0.15, -0.1) is 0 Å². The molecule has 8 aromatic carbocycles. The lowest BCUT2D eigenvalue weighted by atomic mass is 9.98. The maximum absolute atomic E-state index is 2.46. The number of fused-ring (bicyclic) bond motifs is 9. The summed E-state index contributed by atoms with van der Waals surface area (Å²) in [4.78, 5) is 0. The molecule has 0 bridgehead atoms. The number of hydrogen-bond acceptors (Lipinski definition) is 0. The van der Waals surface area contributed by atoms with Gasteiger partial charge in [-0.1, -0.05) is 127 Å². The number of rotatable bonds is 3. The summed E-state index contributed by atoms with van der Waals surface area (Å²) in [6.45, 7) is 0. The molecule has 0 atom stereocenters. The van der Waals surface area contributed by atoms with Crippen molar-refractivity contribution < 1.29 is 0 Å². The molecule has 0 aliphatic heterocycles. The van der Waals surface area contributed by atoms with Crippen LogP contribution in [0.4, 0.5) is 0 Å². The highest BCUT2D eigenvalue weighted by Crippen LogP contribution is 2.42. The van der Waals surface area contributed by atoms with Gasteiger partial charge >= 0.3 is 0 Å². The Kier molecular flexibility index (Phi) is 5.31. The van der Waals surface area contributed by atoms with Gasteiger partial charge in [0.15, 0.2) is 0 Å². The summed E-state index contributed by atoms with van der Waals surface area (Å²) in [7, 11) is 0. The number of aromatic nitrogens is 2. The topological polar surface area (TPSA) is 9.86 Å². The molecule has 10 aromatic rings. The molecular weight excluding hydrogens is 556 g/mol. The highest BCUT2D eigenvalue weighted by molar-refractivity contribution is 6.23. The lowest BCUT2D eigenvalue weighted by molar-refractivity contribution is 1.17. The fraction of sp³-hybridized carbons (Fsp3) is 0. The fourth-order valence-corrected chi connectivity index (χ4v) is 7.65. The molecule has 0 spiro atoms. The number of hydrogen-bond donors (Lipinski definition) is 0. The van der Waals surface area contributed by atoms with Gasteiger partial charge in [-0.2, -0.15) is 0 Å². The van der Waals surface area contributed by atoms with Crippen LogP contribution in [0.3, 0.4) is 0 Å². The summed E-state index contributed by atoms with van der Waals surface area (Å²) in [6, 6.07) is 62.0. The second kappa shape index (κ2) is 9.69. The van der Waals surface area contributed by atoms with E-state index in [0.29, 0.717) is 0 Å². The fourth-order valence-electron chi connectivity index (χ4n) is 7.65. The van der Waals surface area contributed by atoms with Gasteiger partial charge in [0.25, 0.3) is 0 Å². The van der Waals surface area contributed by atoms with E-state index in [1.165, 1.54) is 82.0 Å². The largest absolute Gasteiger partial charge is 0.309 e. The highest BCUT2D eigenvalue weighted by atomic mass is 15.0. The normalized spacial score (nSPS) is 11.9. The first-order chi connectivity index (χ1) is 22.8. The van der Waals surface area contributed by atoms with E-state index < -0.39 is 0 Å². The third-order valence-corrected chi connectivity index (χ3v) is 9.66. The Morgan fingerprint density at radius 1 is 0.304 bits per heavy atom. The summed E-state index contributed by atoms with van der Waals surface area (Å²) in [5, 5.41) is 10.1. The molecule has 46 heavy (non-hydrogen) atoms. The molecule has 0 unspecified atom stereocenters. The quantitative estimate of drug-likeness (QED) is 0.195. The van der Waals surface area contributed by atoms with E-state index in [0.717, 1.165) is 5.69 Å². The molecule has 0 N–H and O–H groups in total. The van der Waals surface area contributed by atoms with Gasteiger partial charge in [-0.3, -0.25) is 0 Å². The van der Waals surface area contributed by atoms with Gasteiger partial charge < -0.3 is 9.13 Å². The summed E-state index contributed by atoms with van der Waals surface area (Å²) in [5.41, 5.74) is 9.65. The molecule has 2 heteroatoms. The lowest BCUT2D eigenvalue weighted by Crippen LogP contribution is -1.96. The smallest absolute Gasteiger partial charge is 0.0619 e. The van der Waals surface area contributed by atoms with E-state index in [-0.39, 0.29) is 0 Å². The van der Waals surface area contributed by atoms with Crippen LogP contribution in [-0.4, -0.2) is 9.13 Å². The van der Waals surface area contributed by atoms with Crippen molar-refractivity contribution >= 4 is 65.2 Å². The van der Waals surface area contributed by atoms with Crippen LogP contribution in [0.25, 0.3) is 87.7 Å². The number of benzene rings is 8. The first-order valence-corrected chi connectivity index (χ1v) is 15.9. The van der Waals surface area contributed by atoms with E-state index in [2.05, 4.69) is 179 Å². The zero-order valence-corrected chi connectivity index (χ0v) is 25.1. The second-order valence-electron chi connectivity index (χ2n) is 12.2. The minimum absolute atomic E-state index is 1.16. The van der Waals surface area contributed by atoms with E-state index >= 15 is 0 Å². The van der Waals surface area contributed by atoms with E-state index in [1.807, 2.05) is 0 Å². The van der Waals surface area contributed by atoms with E-state index in [4.69, 9.17) is 0 Å². The van der Waals surface area contributed by atoms with E-state index in [9.17, 15) is 0 Å². The lowest BCUT2D eigenvalue weighted by Gasteiger charge is -2.13. The number of para-hydroxylation sites is 2. The number of nitrogens with zero attached hydrogens (tertiary/aromatic N) is 2. The van der Waals surface area contributed by atoms with Crippen molar-refractivity contribution in [3.8, 4) is 22.5 Å². The second-order valence-corrected chi connectivity index (χ2v) is 12.2. The van der Waals surface area contributed by atoms with Gasteiger partial charge in [0, 0.05) is 38.3 Å². The van der Waals surface area contributed by atoms with Crippen LogP contribution in [0, 0.1) is 0 Å². The van der Waals surface area contributed by atoms with Gasteiger partial charge in [-0.25, -0.2) is 0 Å². The predicted molar refractivity (Wildman–Crippen MR) is 196 cm³/mol. The Balaban J connectivity index is 1.32. The van der Waals surface area contributed by atoms with Gasteiger partial charge in [0.2, 0.25) is 0 Å². The Hall–Kier alpha value is -6.12. The van der Waals surface area contributed by atoms with Crippen LogP contribution in [0.15, 0.2) is 170 Å². The Bertz CT molecular complexity index is 2790. The summed E-state index contributed by atoms with van der Waals surface area (Å²) >= 11 is 0. The van der Waals surface area contributed by atoms with Crippen molar-refractivity contribution in [3.63, 3.8) is 0 Å². The molecule has 0 saturated carbocycles. The predicted octanol–water partition coefficient (Wildman–Crippen LogP) is 11.9. The van der Waals surface area contributed by atoms with Crippen LogP contribution in [0.2, 0.25) is 0 Å².